The molecule has 32 heavy (non-hydrogen) atoms. The van der Waals surface area contributed by atoms with Gasteiger partial charge in [0.05, 0.1) is 11.1 Å². The average molecular weight is 462 g/mol. The molecule has 1 aromatic rings. The number of ether oxygens (including phenoxy) is 6. The first-order valence-electron chi connectivity index (χ1n) is 9.82. The van der Waals surface area contributed by atoms with Crippen molar-refractivity contribution in [2.45, 2.75) is 25.7 Å². The van der Waals surface area contributed by atoms with Crippen molar-refractivity contribution in [1.29, 1.82) is 0 Å². The van der Waals surface area contributed by atoms with Crippen LogP contribution >= 0.6 is 0 Å². The summed E-state index contributed by atoms with van der Waals surface area (Å²) < 4.78 is 29.5. The number of carbonyl (C=O) groups is 2. The smallest absolute Gasteiger partial charge is 0.336 e. The van der Waals surface area contributed by atoms with E-state index in [9.17, 15) is 19.8 Å². The molecule has 0 spiro atoms. The molecule has 0 heterocycles. The van der Waals surface area contributed by atoms with Crippen molar-refractivity contribution in [3.8, 4) is 0 Å². The minimum atomic E-state index is -1.20. The SMILES string of the molecule is O=C(O)c1ccc(CCCOCOCOCO)c(C(=O)O)c1CCCOCOCOCO. The van der Waals surface area contributed by atoms with Gasteiger partial charge in [-0.1, -0.05) is 6.07 Å². The molecule has 0 radical (unpaired) electrons. The number of hydrogen-bond donors (Lipinski definition) is 4. The second-order valence-electron chi connectivity index (χ2n) is 6.31. The molecule has 0 aliphatic heterocycles. The topological polar surface area (TPSA) is 170 Å². The van der Waals surface area contributed by atoms with Gasteiger partial charge in [-0.25, -0.2) is 9.59 Å². The highest BCUT2D eigenvalue weighted by molar-refractivity contribution is 5.97. The summed E-state index contributed by atoms with van der Waals surface area (Å²) in [7, 11) is 0. The number of aliphatic hydroxyl groups excluding tert-OH is 2. The summed E-state index contributed by atoms with van der Waals surface area (Å²) in [5.41, 5.74) is 0.662. The maximum atomic E-state index is 11.9. The van der Waals surface area contributed by atoms with E-state index in [0.29, 0.717) is 31.4 Å². The van der Waals surface area contributed by atoms with Crippen LogP contribution in [0.1, 0.15) is 44.7 Å². The number of carboxylic acid groups (broad SMARTS) is 2. The Kier molecular flexibility index (Phi) is 15.2. The highest BCUT2D eigenvalue weighted by Gasteiger charge is 2.21. The fourth-order valence-electron chi connectivity index (χ4n) is 2.84. The number of aryl methyl sites for hydroxylation is 1. The van der Waals surface area contributed by atoms with E-state index in [1.807, 2.05) is 0 Å². The van der Waals surface area contributed by atoms with Crippen molar-refractivity contribution in [2.24, 2.45) is 0 Å². The maximum Gasteiger partial charge on any atom is 0.336 e. The molecular formula is C20H30O12. The number of rotatable bonds is 20. The second kappa shape index (κ2) is 17.4. The van der Waals surface area contributed by atoms with Crippen LogP contribution in [0.4, 0.5) is 0 Å². The zero-order chi connectivity index (χ0) is 23.6. The Morgan fingerprint density at radius 2 is 1.22 bits per heavy atom. The van der Waals surface area contributed by atoms with Gasteiger partial charge < -0.3 is 48.8 Å². The predicted octanol–water partition coefficient (Wildman–Crippen LogP) is 0.777. The van der Waals surface area contributed by atoms with Gasteiger partial charge in [-0.05, 0) is 42.9 Å². The zero-order valence-electron chi connectivity index (χ0n) is 17.7. The molecule has 4 N–H and O–H groups in total. The van der Waals surface area contributed by atoms with Crippen LogP contribution < -0.4 is 0 Å². The van der Waals surface area contributed by atoms with Crippen LogP contribution in [0.3, 0.4) is 0 Å². The lowest BCUT2D eigenvalue weighted by Crippen LogP contribution is -2.15. The molecule has 0 amide bonds. The lowest BCUT2D eigenvalue weighted by Gasteiger charge is -2.15. The van der Waals surface area contributed by atoms with E-state index in [1.54, 1.807) is 0 Å². The summed E-state index contributed by atoms with van der Waals surface area (Å²) in [4.78, 5) is 23.5. The normalized spacial score (nSPS) is 11.1. The van der Waals surface area contributed by atoms with Crippen molar-refractivity contribution in [2.75, 3.05) is 54.0 Å². The second-order valence-corrected chi connectivity index (χ2v) is 6.31. The van der Waals surface area contributed by atoms with Crippen LogP contribution in [0.5, 0.6) is 0 Å². The van der Waals surface area contributed by atoms with E-state index < -0.39 is 25.5 Å². The van der Waals surface area contributed by atoms with Crippen LogP contribution in [-0.2, 0) is 41.3 Å². The summed E-state index contributed by atoms with van der Waals surface area (Å²) >= 11 is 0. The van der Waals surface area contributed by atoms with E-state index in [-0.39, 0.29) is 56.9 Å². The minimum absolute atomic E-state index is 0.0231. The van der Waals surface area contributed by atoms with Gasteiger partial charge in [-0.2, -0.15) is 0 Å². The van der Waals surface area contributed by atoms with Gasteiger partial charge in [-0.15, -0.1) is 0 Å². The van der Waals surface area contributed by atoms with Gasteiger partial charge in [0.1, 0.15) is 27.2 Å². The molecule has 0 aliphatic rings. The summed E-state index contributed by atoms with van der Waals surface area (Å²) in [6.45, 7) is -0.753. The van der Waals surface area contributed by atoms with Crippen LogP contribution in [0.15, 0.2) is 12.1 Å². The van der Waals surface area contributed by atoms with E-state index >= 15 is 0 Å². The van der Waals surface area contributed by atoms with Crippen molar-refractivity contribution < 1.29 is 58.4 Å². The molecule has 1 rings (SSSR count). The Balaban J connectivity index is 2.65. The number of hydrogen-bond acceptors (Lipinski definition) is 10. The number of benzene rings is 1. The maximum absolute atomic E-state index is 11.9. The number of aromatic carboxylic acids is 2. The molecule has 1 aromatic carbocycles. The van der Waals surface area contributed by atoms with E-state index in [4.69, 9.17) is 29.2 Å². The van der Waals surface area contributed by atoms with Crippen LogP contribution in [0, 0.1) is 0 Å². The van der Waals surface area contributed by atoms with Gasteiger partial charge in [-0.3, -0.25) is 0 Å². The molecule has 12 nitrogen and oxygen atoms in total. The third kappa shape index (κ3) is 10.9. The predicted molar refractivity (Wildman–Crippen MR) is 107 cm³/mol. The van der Waals surface area contributed by atoms with Crippen molar-refractivity contribution in [1.82, 2.24) is 0 Å². The molecular weight excluding hydrogens is 432 g/mol. The first-order chi connectivity index (χ1) is 15.5. The Hall–Kier alpha value is -2.16. The highest BCUT2D eigenvalue weighted by Crippen LogP contribution is 2.23. The largest absolute Gasteiger partial charge is 0.478 e. The zero-order valence-corrected chi connectivity index (χ0v) is 17.7. The fourth-order valence-corrected chi connectivity index (χ4v) is 2.84. The summed E-state index contributed by atoms with van der Waals surface area (Å²) in [6, 6.07) is 2.92. The van der Waals surface area contributed by atoms with E-state index in [1.165, 1.54) is 12.1 Å². The van der Waals surface area contributed by atoms with Gasteiger partial charge in [0, 0.05) is 13.2 Å². The third-order valence-electron chi connectivity index (χ3n) is 4.14. The molecule has 12 heteroatoms. The Morgan fingerprint density at radius 1 is 0.688 bits per heavy atom. The average Bonchev–Trinajstić information content (AvgIpc) is 2.76. The van der Waals surface area contributed by atoms with Crippen molar-refractivity contribution >= 4 is 11.9 Å². The Morgan fingerprint density at radius 3 is 1.72 bits per heavy atom. The summed E-state index contributed by atoms with van der Waals surface area (Å²) in [6.07, 6.45) is 1.44. The van der Waals surface area contributed by atoms with E-state index in [2.05, 4.69) is 9.47 Å². The van der Waals surface area contributed by atoms with Gasteiger partial charge in [0.25, 0.3) is 0 Å². The van der Waals surface area contributed by atoms with Crippen molar-refractivity contribution in [3.05, 3.63) is 34.4 Å². The van der Waals surface area contributed by atoms with Gasteiger partial charge in [0.2, 0.25) is 0 Å². The number of carboxylic acids is 2. The monoisotopic (exact) mass is 462 g/mol. The molecule has 0 atom stereocenters. The van der Waals surface area contributed by atoms with Crippen LogP contribution in [-0.4, -0.2) is 86.3 Å². The fraction of sp³-hybridized carbons (Fsp3) is 0.600. The molecule has 0 aromatic heterocycles. The summed E-state index contributed by atoms with van der Waals surface area (Å²) in [5, 5.41) is 36.1. The van der Waals surface area contributed by atoms with Crippen LogP contribution in [0.2, 0.25) is 0 Å². The molecule has 0 saturated carbocycles. The molecule has 182 valence electrons. The van der Waals surface area contributed by atoms with Gasteiger partial charge in [0.15, 0.2) is 13.6 Å². The first kappa shape index (κ1) is 27.9. The lowest BCUT2D eigenvalue weighted by atomic mass is 9.91. The lowest BCUT2D eigenvalue weighted by molar-refractivity contribution is -0.158. The standard InChI is InChI=1S/C20H30O12/c21-9-29-13-31-11-27-7-1-3-15-5-6-17(19(23)24)16(18(15)20(25)26)4-2-8-28-12-32-14-30-10-22/h5-6,21-22H,1-4,7-14H2,(H,23,24)(H,25,26). The first-order valence-corrected chi connectivity index (χ1v) is 9.82. The quantitative estimate of drug-likeness (QED) is 0.159. The van der Waals surface area contributed by atoms with Crippen LogP contribution in [0.25, 0.3) is 0 Å². The Labute approximate surface area is 185 Å². The van der Waals surface area contributed by atoms with Gasteiger partial charge >= 0.3 is 11.9 Å². The van der Waals surface area contributed by atoms with E-state index in [0.717, 1.165) is 0 Å². The Bertz CT molecular complexity index is 679. The molecule has 0 fully saturated rings. The summed E-state index contributed by atoms with van der Waals surface area (Å²) in [5.74, 6) is -2.40. The molecule has 0 aliphatic carbocycles. The minimum Gasteiger partial charge on any atom is -0.478 e. The van der Waals surface area contributed by atoms with Crippen molar-refractivity contribution in [3.63, 3.8) is 0 Å². The molecule has 0 bridgehead atoms. The molecule has 0 unspecified atom stereocenters. The highest BCUT2D eigenvalue weighted by atomic mass is 16.8. The third-order valence-corrected chi connectivity index (χ3v) is 4.14. The number of aliphatic hydroxyl groups is 2. The molecule has 0 saturated heterocycles.